The quantitative estimate of drug-likeness (QED) is 0.414. The largest absolute Gasteiger partial charge is 0.467 e. The number of para-hydroxylation sites is 1. The Morgan fingerprint density at radius 1 is 1.06 bits per heavy atom. The molecule has 4 aromatic rings. The average Bonchev–Trinajstić information content (AvgIpc) is 3.17. The monoisotopic (exact) mass is 456 g/mol. The van der Waals surface area contributed by atoms with Gasteiger partial charge in [0, 0.05) is 12.7 Å². The minimum Gasteiger partial charge on any atom is -0.467 e. The second-order valence-electron chi connectivity index (χ2n) is 8.18. The summed E-state index contributed by atoms with van der Waals surface area (Å²) in [7, 11) is 1.34. The summed E-state index contributed by atoms with van der Waals surface area (Å²) in [4.78, 5) is 35.2. The van der Waals surface area contributed by atoms with Gasteiger partial charge in [-0.1, -0.05) is 48.0 Å². The zero-order chi connectivity index (χ0) is 23.7. The number of hydrogen-bond acceptors (Lipinski definition) is 6. The van der Waals surface area contributed by atoms with Gasteiger partial charge >= 0.3 is 12.0 Å². The Labute approximate surface area is 196 Å². The molecule has 0 bridgehead atoms. The summed E-state index contributed by atoms with van der Waals surface area (Å²) in [6.07, 6.45) is 2.87. The van der Waals surface area contributed by atoms with Gasteiger partial charge < -0.3 is 9.47 Å². The van der Waals surface area contributed by atoms with Crippen LogP contribution in [0, 0.1) is 6.92 Å². The van der Waals surface area contributed by atoms with Gasteiger partial charge in [-0.3, -0.25) is 9.48 Å². The van der Waals surface area contributed by atoms with E-state index in [2.05, 4.69) is 9.97 Å². The third kappa shape index (κ3) is 3.87. The van der Waals surface area contributed by atoms with E-state index in [4.69, 9.17) is 9.47 Å². The summed E-state index contributed by atoms with van der Waals surface area (Å²) in [5.74, 6) is 0.179. The van der Waals surface area contributed by atoms with Crippen LogP contribution in [0.5, 0.6) is 11.8 Å². The third-order valence-electron chi connectivity index (χ3n) is 5.96. The summed E-state index contributed by atoms with van der Waals surface area (Å²) < 4.78 is 14.2. The zero-order valence-corrected chi connectivity index (χ0v) is 19.0. The van der Waals surface area contributed by atoms with Gasteiger partial charge in [0.05, 0.1) is 24.1 Å². The highest BCUT2D eigenvalue weighted by molar-refractivity contribution is 5.81. The lowest BCUT2D eigenvalue weighted by Crippen LogP contribution is -2.37. The Morgan fingerprint density at radius 2 is 1.82 bits per heavy atom. The number of methoxy groups -OCH3 is 1. The number of carbonyl (C=O) groups is 1. The van der Waals surface area contributed by atoms with Crippen molar-refractivity contribution in [2.24, 2.45) is 0 Å². The molecule has 1 atom stereocenters. The van der Waals surface area contributed by atoms with Crippen molar-refractivity contribution >= 4 is 5.97 Å². The maximum Gasteiger partial charge on any atom is 0.330 e. The lowest BCUT2D eigenvalue weighted by molar-refractivity contribution is -0.146. The van der Waals surface area contributed by atoms with Gasteiger partial charge in [-0.2, -0.15) is 4.98 Å². The van der Waals surface area contributed by atoms with E-state index in [1.807, 2.05) is 66.2 Å². The Kier molecular flexibility index (Phi) is 5.71. The number of fused-ring (bicyclic) bond motifs is 1. The number of ether oxygens (including phenoxy) is 2. The van der Waals surface area contributed by atoms with Crippen LogP contribution in [0.2, 0.25) is 0 Å². The highest BCUT2D eigenvalue weighted by atomic mass is 16.5. The predicted molar refractivity (Wildman–Crippen MR) is 127 cm³/mol. The maximum absolute atomic E-state index is 13.8. The topological polar surface area (TPSA) is 88.2 Å². The van der Waals surface area contributed by atoms with Crippen LogP contribution in [-0.2, 0) is 16.1 Å². The zero-order valence-electron chi connectivity index (χ0n) is 19.0. The van der Waals surface area contributed by atoms with Gasteiger partial charge in [0.25, 0.3) is 5.56 Å². The van der Waals surface area contributed by atoms with E-state index in [0.717, 1.165) is 17.5 Å². The van der Waals surface area contributed by atoms with Gasteiger partial charge in [-0.15, -0.1) is 0 Å². The second-order valence-corrected chi connectivity index (χ2v) is 8.18. The number of esters is 1. The molecule has 0 amide bonds. The number of nitrogens with zero attached hydrogens (tertiary/aromatic N) is 4. The van der Waals surface area contributed by atoms with E-state index >= 15 is 0 Å². The molecule has 0 fully saturated rings. The number of hydrogen-bond donors (Lipinski definition) is 0. The first-order valence-corrected chi connectivity index (χ1v) is 11.1. The fraction of sp³-hybridized carbons (Fsp3) is 0.231. The summed E-state index contributed by atoms with van der Waals surface area (Å²) in [5, 5.41) is 0. The molecule has 0 radical (unpaired) electrons. The number of benzene rings is 2. The van der Waals surface area contributed by atoms with Crippen LogP contribution in [0.15, 0.2) is 71.7 Å². The van der Waals surface area contributed by atoms with E-state index in [0.29, 0.717) is 35.7 Å². The molecule has 8 nitrogen and oxygen atoms in total. The summed E-state index contributed by atoms with van der Waals surface area (Å²) in [6.45, 7) is 2.57. The molecule has 0 aliphatic carbocycles. The summed E-state index contributed by atoms with van der Waals surface area (Å²) in [6, 6.07) is 18.3. The van der Waals surface area contributed by atoms with E-state index in [1.165, 1.54) is 11.8 Å². The molecular weight excluding hydrogens is 432 g/mol. The van der Waals surface area contributed by atoms with Crippen molar-refractivity contribution in [1.82, 2.24) is 19.3 Å². The molecule has 3 heterocycles. The second kappa shape index (κ2) is 8.97. The molecule has 0 N–H and O–H groups in total. The molecule has 172 valence electrons. The fourth-order valence-electron chi connectivity index (χ4n) is 4.36. The number of carbonyl (C=O) groups excluding carboxylic acids is 1. The maximum atomic E-state index is 13.8. The van der Waals surface area contributed by atoms with E-state index in [1.54, 1.807) is 12.3 Å². The molecule has 34 heavy (non-hydrogen) atoms. The molecule has 1 aliphatic rings. The van der Waals surface area contributed by atoms with Crippen molar-refractivity contribution in [2.75, 3.05) is 7.11 Å². The molecule has 5 rings (SSSR count). The van der Waals surface area contributed by atoms with Crippen molar-refractivity contribution in [3.05, 3.63) is 82.8 Å². The first-order chi connectivity index (χ1) is 16.6. The van der Waals surface area contributed by atoms with Crippen LogP contribution < -0.4 is 10.3 Å². The Bertz CT molecular complexity index is 1390. The SMILES string of the molecule is COC(=O)C1CCCn2c(-c3ccnc(Oc4ccccc4)n3)c(-c3ccc(C)cc3)c(=O)n21. The molecule has 0 saturated carbocycles. The summed E-state index contributed by atoms with van der Waals surface area (Å²) in [5.41, 5.74) is 3.24. The lowest BCUT2D eigenvalue weighted by Gasteiger charge is -2.26. The highest BCUT2D eigenvalue weighted by Gasteiger charge is 2.34. The molecule has 2 aromatic heterocycles. The predicted octanol–water partition coefficient (Wildman–Crippen LogP) is 4.38. The fourth-order valence-corrected chi connectivity index (χ4v) is 4.36. The van der Waals surface area contributed by atoms with Gasteiger partial charge in [0.15, 0.2) is 6.04 Å². The van der Waals surface area contributed by atoms with Crippen molar-refractivity contribution in [1.29, 1.82) is 0 Å². The van der Waals surface area contributed by atoms with Gasteiger partial charge in [-0.05, 0) is 43.5 Å². The highest BCUT2D eigenvalue weighted by Crippen LogP contribution is 2.34. The summed E-state index contributed by atoms with van der Waals surface area (Å²) >= 11 is 0. The Balaban J connectivity index is 1.70. The molecule has 2 aromatic carbocycles. The van der Waals surface area contributed by atoms with Gasteiger partial charge in [0.1, 0.15) is 5.75 Å². The van der Waals surface area contributed by atoms with Crippen LogP contribution in [-0.4, -0.2) is 32.4 Å². The molecule has 8 heteroatoms. The van der Waals surface area contributed by atoms with Gasteiger partial charge in [-0.25, -0.2) is 14.5 Å². The Hall–Kier alpha value is -4.20. The molecule has 1 unspecified atom stereocenters. The molecule has 0 saturated heterocycles. The van der Waals surface area contributed by atoms with Crippen molar-refractivity contribution < 1.29 is 14.3 Å². The smallest absolute Gasteiger partial charge is 0.330 e. The minimum absolute atomic E-state index is 0.173. The van der Waals surface area contributed by atoms with Crippen molar-refractivity contribution in [3.8, 4) is 34.3 Å². The van der Waals surface area contributed by atoms with Crippen LogP contribution >= 0.6 is 0 Å². The number of aryl methyl sites for hydroxylation is 1. The Morgan fingerprint density at radius 3 is 2.56 bits per heavy atom. The van der Waals surface area contributed by atoms with Crippen molar-refractivity contribution in [2.45, 2.75) is 32.4 Å². The van der Waals surface area contributed by atoms with Crippen LogP contribution in [0.1, 0.15) is 24.4 Å². The van der Waals surface area contributed by atoms with Crippen LogP contribution in [0.25, 0.3) is 22.5 Å². The third-order valence-corrected chi connectivity index (χ3v) is 5.96. The van der Waals surface area contributed by atoms with Crippen LogP contribution in [0.4, 0.5) is 0 Å². The number of aromatic nitrogens is 4. The molecular formula is C26H24N4O4. The first-order valence-electron chi connectivity index (χ1n) is 11.1. The van der Waals surface area contributed by atoms with E-state index in [-0.39, 0.29) is 11.6 Å². The standard InChI is InChI=1S/C26H24N4O4/c1-17-10-12-18(13-11-17)22-23(29-16-6-9-21(25(32)33-2)30(29)24(22)31)20-14-15-27-26(28-20)34-19-7-4-3-5-8-19/h3-5,7-8,10-15,21H,6,9,16H2,1-2H3. The molecule has 0 spiro atoms. The molecule has 1 aliphatic heterocycles. The minimum atomic E-state index is -0.689. The average molecular weight is 457 g/mol. The van der Waals surface area contributed by atoms with Crippen molar-refractivity contribution in [3.63, 3.8) is 0 Å². The van der Waals surface area contributed by atoms with Gasteiger partial charge in [0.2, 0.25) is 0 Å². The lowest BCUT2D eigenvalue weighted by atomic mass is 10.0. The van der Waals surface area contributed by atoms with Crippen LogP contribution in [0.3, 0.4) is 0 Å². The normalized spacial score (nSPS) is 14.9. The number of rotatable bonds is 5. The van der Waals surface area contributed by atoms with E-state index in [9.17, 15) is 9.59 Å². The van der Waals surface area contributed by atoms with E-state index < -0.39 is 12.0 Å². The first kappa shape index (κ1) is 21.6.